The van der Waals surface area contributed by atoms with E-state index < -0.39 is 15.3 Å². The molecule has 2 N–H and O–H groups in total. The van der Waals surface area contributed by atoms with Crippen LogP contribution in [0.1, 0.15) is 12.8 Å². The van der Waals surface area contributed by atoms with E-state index in [9.17, 15) is 13.2 Å². The number of sulfonamides is 1. The second-order valence-corrected chi connectivity index (χ2v) is 6.28. The van der Waals surface area contributed by atoms with Gasteiger partial charge in [0.05, 0.1) is 11.8 Å². The number of nitrogens with zero attached hydrogens (tertiary/aromatic N) is 2. The van der Waals surface area contributed by atoms with E-state index in [1.807, 2.05) is 0 Å². The lowest BCUT2D eigenvalue weighted by atomic mass is 10.1. The zero-order valence-corrected chi connectivity index (χ0v) is 10.5. The number of hydrogen-bond acceptors (Lipinski definition) is 4. The van der Waals surface area contributed by atoms with Gasteiger partial charge in [-0.05, 0) is 26.9 Å². The molecule has 1 saturated heterocycles. The molecule has 16 heavy (non-hydrogen) atoms. The number of amides is 1. The van der Waals surface area contributed by atoms with E-state index in [4.69, 9.17) is 5.14 Å². The molecule has 1 atom stereocenters. The predicted molar refractivity (Wildman–Crippen MR) is 61.3 cm³/mol. The van der Waals surface area contributed by atoms with Crippen LogP contribution in [-0.4, -0.2) is 63.1 Å². The van der Waals surface area contributed by atoms with Crippen LogP contribution >= 0.6 is 0 Å². The Morgan fingerprint density at radius 1 is 1.50 bits per heavy atom. The fourth-order valence-electron chi connectivity index (χ4n) is 1.80. The number of carbonyl (C=O) groups excluding carboxylic acids is 1. The quantitative estimate of drug-likeness (QED) is 0.683. The summed E-state index contributed by atoms with van der Waals surface area (Å²) in [6.45, 7) is 1.15. The maximum atomic E-state index is 11.7. The number of hydrogen-bond donors (Lipinski definition) is 1. The molecule has 1 rings (SSSR count). The minimum absolute atomic E-state index is 0.0432. The predicted octanol–water partition coefficient (Wildman–Crippen LogP) is -1.17. The van der Waals surface area contributed by atoms with Gasteiger partial charge < -0.3 is 9.80 Å². The highest BCUT2D eigenvalue weighted by Crippen LogP contribution is 2.15. The third-order valence-electron chi connectivity index (χ3n) is 2.65. The van der Waals surface area contributed by atoms with Crippen molar-refractivity contribution >= 4 is 15.9 Å². The standard InChI is InChI=1S/C9H19N3O3S/c1-11(2)7-9(13)12-5-3-4-8(6-12)16(10,14)15/h8H,3-7H2,1-2H3,(H2,10,14,15)/t8-/m0/s1. The van der Waals surface area contributed by atoms with E-state index in [0.29, 0.717) is 25.9 Å². The molecule has 1 heterocycles. The van der Waals surface area contributed by atoms with Crippen molar-refractivity contribution in [1.82, 2.24) is 9.80 Å². The van der Waals surface area contributed by atoms with Crippen LogP contribution in [-0.2, 0) is 14.8 Å². The molecule has 7 heteroatoms. The molecular formula is C9H19N3O3S. The Morgan fingerprint density at radius 3 is 2.62 bits per heavy atom. The van der Waals surface area contributed by atoms with Gasteiger partial charge in [-0.25, -0.2) is 13.6 Å². The second kappa shape index (κ2) is 5.11. The Morgan fingerprint density at radius 2 is 2.12 bits per heavy atom. The number of likely N-dealkylation sites (N-methyl/N-ethyl adjacent to an activating group) is 1. The number of rotatable bonds is 3. The van der Waals surface area contributed by atoms with Crippen LogP contribution in [0.15, 0.2) is 0 Å². The lowest BCUT2D eigenvalue weighted by molar-refractivity contribution is -0.132. The maximum Gasteiger partial charge on any atom is 0.236 e. The maximum absolute atomic E-state index is 11.7. The summed E-state index contributed by atoms with van der Waals surface area (Å²) in [6.07, 6.45) is 1.24. The van der Waals surface area contributed by atoms with Crippen LogP contribution in [0, 0.1) is 0 Å². The molecular weight excluding hydrogens is 230 g/mol. The van der Waals surface area contributed by atoms with Crippen LogP contribution < -0.4 is 5.14 Å². The number of likely N-dealkylation sites (tertiary alicyclic amines) is 1. The van der Waals surface area contributed by atoms with Crippen LogP contribution in [0.3, 0.4) is 0 Å². The average Bonchev–Trinajstić information content (AvgIpc) is 2.15. The number of piperidine rings is 1. The molecule has 0 radical (unpaired) electrons. The van der Waals surface area contributed by atoms with Crippen LogP contribution in [0.4, 0.5) is 0 Å². The Hall–Kier alpha value is -0.660. The smallest absolute Gasteiger partial charge is 0.236 e. The van der Waals surface area contributed by atoms with Gasteiger partial charge in [-0.2, -0.15) is 0 Å². The van der Waals surface area contributed by atoms with Crippen molar-refractivity contribution in [2.24, 2.45) is 5.14 Å². The fraction of sp³-hybridized carbons (Fsp3) is 0.889. The molecule has 94 valence electrons. The fourth-order valence-corrected chi connectivity index (χ4v) is 2.69. The summed E-state index contributed by atoms with van der Waals surface area (Å²) in [5, 5.41) is 4.49. The minimum Gasteiger partial charge on any atom is -0.340 e. The van der Waals surface area contributed by atoms with E-state index in [1.54, 1.807) is 23.9 Å². The lowest BCUT2D eigenvalue weighted by Crippen LogP contribution is -2.49. The van der Waals surface area contributed by atoms with Gasteiger partial charge in [-0.15, -0.1) is 0 Å². The Balaban J connectivity index is 2.60. The first-order chi connectivity index (χ1) is 7.30. The first-order valence-electron chi connectivity index (χ1n) is 5.25. The highest BCUT2D eigenvalue weighted by molar-refractivity contribution is 7.89. The van der Waals surface area contributed by atoms with E-state index in [-0.39, 0.29) is 12.5 Å². The largest absolute Gasteiger partial charge is 0.340 e. The van der Waals surface area contributed by atoms with Gasteiger partial charge in [0.25, 0.3) is 0 Å². The van der Waals surface area contributed by atoms with Crippen molar-refractivity contribution in [3.8, 4) is 0 Å². The van der Waals surface area contributed by atoms with E-state index in [1.165, 1.54) is 0 Å². The van der Waals surface area contributed by atoms with Gasteiger partial charge in [0.2, 0.25) is 15.9 Å². The Labute approximate surface area is 96.4 Å². The molecule has 1 aliphatic rings. The van der Waals surface area contributed by atoms with Gasteiger partial charge >= 0.3 is 0 Å². The van der Waals surface area contributed by atoms with Crippen molar-refractivity contribution < 1.29 is 13.2 Å². The van der Waals surface area contributed by atoms with Crippen molar-refractivity contribution in [3.63, 3.8) is 0 Å². The molecule has 0 aromatic carbocycles. The van der Waals surface area contributed by atoms with Crippen LogP contribution in [0.25, 0.3) is 0 Å². The second-order valence-electron chi connectivity index (χ2n) is 4.43. The molecule has 0 saturated carbocycles. The molecule has 0 aromatic heterocycles. The normalized spacial score (nSPS) is 22.5. The number of primary sulfonamides is 1. The summed E-state index contributed by atoms with van der Waals surface area (Å²) in [6, 6.07) is 0. The molecule has 0 aliphatic carbocycles. The highest BCUT2D eigenvalue weighted by atomic mass is 32.2. The van der Waals surface area contributed by atoms with Gasteiger partial charge in [-0.3, -0.25) is 4.79 Å². The summed E-state index contributed by atoms with van der Waals surface area (Å²) in [5.74, 6) is -0.0432. The first-order valence-corrected chi connectivity index (χ1v) is 6.86. The number of carbonyl (C=O) groups is 1. The topological polar surface area (TPSA) is 83.7 Å². The van der Waals surface area contributed by atoms with Crippen molar-refractivity contribution in [3.05, 3.63) is 0 Å². The van der Waals surface area contributed by atoms with Crippen molar-refractivity contribution in [2.75, 3.05) is 33.7 Å². The zero-order chi connectivity index (χ0) is 12.3. The summed E-state index contributed by atoms with van der Waals surface area (Å²) >= 11 is 0. The molecule has 1 amide bonds. The van der Waals surface area contributed by atoms with Crippen molar-refractivity contribution in [1.29, 1.82) is 0 Å². The van der Waals surface area contributed by atoms with E-state index in [0.717, 1.165) is 0 Å². The number of nitrogens with two attached hydrogens (primary N) is 1. The monoisotopic (exact) mass is 249 g/mol. The summed E-state index contributed by atoms with van der Waals surface area (Å²) < 4.78 is 22.4. The molecule has 0 unspecified atom stereocenters. The average molecular weight is 249 g/mol. The Kier molecular flexibility index (Phi) is 4.28. The van der Waals surface area contributed by atoms with Gasteiger partial charge in [0.1, 0.15) is 0 Å². The summed E-state index contributed by atoms with van der Waals surface area (Å²) in [7, 11) is 0.0809. The van der Waals surface area contributed by atoms with Gasteiger partial charge in [-0.1, -0.05) is 0 Å². The molecule has 0 aromatic rings. The molecule has 1 fully saturated rings. The van der Waals surface area contributed by atoms with Crippen LogP contribution in [0.5, 0.6) is 0 Å². The van der Waals surface area contributed by atoms with Crippen LogP contribution in [0.2, 0.25) is 0 Å². The highest BCUT2D eigenvalue weighted by Gasteiger charge is 2.30. The van der Waals surface area contributed by atoms with Gasteiger partial charge in [0.15, 0.2) is 0 Å². The third kappa shape index (κ3) is 3.73. The first kappa shape index (κ1) is 13.4. The molecule has 6 nitrogen and oxygen atoms in total. The van der Waals surface area contributed by atoms with E-state index in [2.05, 4.69) is 0 Å². The third-order valence-corrected chi connectivity index (χ3v) is 3.96. The summed E-state index contributed by atoms with van der Waals surface area (Å²) in [5.41, 5.74) is 0. The van der Waals surface area contributed by atoms with Crippen molar-refractivity contribution in [2.45, 2.75) is 18.1 Å². The van der Waals surface area contributed by atoms with Gasteiger partial charge in [0, 0.05) is 13.1 Å². The molecule has 0 bridgehead atoms. The minimum atomic E-state index is -3.53. The molecule has 1 aliphatic heterocycles. The zero-order valence-electron chi connectivity index (χ0n) is 9.72. The van der Waals surface area contributed by atoms with E-state index >= 15 is 0 Å². The lowest BCUT2D eigenvalue weighted by Gasteiger charge is -2.32. The SMILES string of the molecule is CN(C)CC(=O)N1CCC[C@H](S(N)(=O)=O)C1. The summed E-state index contributed by atoms with van der Waals surface area (Å²) in [4.78, 5) is 15.1. The Bertz CT molecular complexity index is 353. The molecule has 0 spiro atoms.